The Balaban J connectivity index is 1.90. The van der Waals surface area contributed by atoms with Gasteiger partial charge in [0.15, 0.2) is 11.6 Å². The van der Waals surface area contributed by atoms with Gasteiger partial charge >= 0.3 is 0 Å². The van der Waals surface area contributed by atoms with E-state index >= 15 is 0 Å². The lowest BCUT2D eigenvalue weighted by molar-refractivity contribution is 0.218. The Morgan fingerprint density at radius 3 is 2.39 bits per heavy atom. The molecule has 1 heterocycles. The summed E-state index contributed by atoms with van der Waals surface area (Å²) in [5.74, 6) is 1.86. The van der Waals surface area contributed by atoms with Crippen LogP contribution in [-0.4, -0.2) is 29.1 Å². The fraction of sp³-hybridized carbons (Fsp3) is 0.300. The number of aryl methyl sites for hydroxylation is 1. The average molecular weight is 553 g/mol. The quantitative estimate of drug-likeness (QED) is 0.209. The molecule has 0 saturated heterocycles. The Hall–Kier alpha value is -3.35. The number of fused-ring (bicyclic) bond motifs is 1. The van der Waals surface area contributed by atoms with E-state index in [-0.39, 0.29) is 17.6 Å². The summed E-state index contributed by atoms with van der Waals surface area (Å²) in [7, 11) is 1.66. The van der Waals surface area contributed by atoms with Crippen molar-refractivity contribution in [2.45, 2.75) is 53.1 Å². The molecule has 3 aromatic carbocycles. The topological polar surface area (TPSA) is 65.7 Å². The Morgan fingerprint density at radius 1 is 1.08 bits per heavy atom. The van der Waals surface area contributed by atoms with Gasteiger partial charge in [0, 0.05) is 5.56 Å². The minimum Gasteiger partial charge on any atom is -0.496 e. The molecule has 0 aliphatic heterocycles. The van der Waals surface area contributed by atoms with Crippen molar-refractivity contribution in [1.29, 1.82) is 0 Å². The molecule has 0 aliphatic carbocycles. The van der Waals surface area contributed by atoms with Crippen LogP contribution >= 0.6 is 23.2 Å². The van der Waals surface area contributed by atoms with Crippen molar-refractivity contribution >= 4 is 40.3 Å². The van der Waals surface area contributed by atoms with Crippen LogP contribution in [0.15, 0.2) is 58.4 Å². The summed E-state index contributed by atoms with van der Waals surface area (Å²) in [6.45, 7) is 10.1. The number of para-hydroxylation sites is 1. The van der Waals surface area contributed by atoms with Gasteiger partial charge in [-0.05, 0) is 79.3 Å². The molecule has 1 atom stereocenters. The molecule has 0 amide bonds. The first-order chi connectivity index (χ1) is 18.1. The number of methoxy groups -OCH3 is 1. The number of hydrogen-bond donors (Lipinski definition) is 0. The van der Waals surface area contributed by atoms with Crippen LogP contribution in [0, 0.1) is 6.92 Å². The van der Waals surface area contributed by atoms with E-state index in [4.69, 9.17) is 37.7 Å². The van der Waals surface area contributed by atoms with Gasteiger partial charge in [-0.1, -0.05) is 56.1 Å². The molecule has 0 aliphatic rings. The van der Waals surface area contributed by atoms with Gasteiger partial charge in [0.25, 0.3) is 5.56 Å². The summed E-state index contributed by atoms with van der Waals surface area (Å²) >= 11 is 13.0. The van der Waals surface area contributed by atoms with E-state index < -0.39 is 0 Å². The Morgan fingerprint density at radius 2 is 1.76 bits per heavy atom. The highest BCUT2D eigenvalue weighted by Crippen LogP contribution is 2.36. The summed E-state index contributed by atoms with van der Waals surface area (Å²) < 4.78 is 12.8. The van der Waals surface area contributed by atoms with Gasteiger partial charge in [-0.2, -0.15) is 9.78 Å². The van der Waals surface area contributed by atoms with Gasteiger partial charge in [-0.15, -0.1) is 0 Å². The van der Waals surface area contributed by atoms with Gasteiger partial charge in [0.05, 0.1) is 40.4 Å². The molecule has 4 aromatic rings. The largest absolute Gasteiger partial charge is 0.496 e. The summed E-state index contributed by atoms with van der Waals surface area (Å²) in [5.41, 5.74) is 3.66. The lowest BCUT2D eigenvalue weighted by atomic mass is 9.96. The van der Waals surface area contributed by atoms with Gasteiger partial charge in [-0.25, -0.2) is 4.98 Å². The highest BCUT2D eigenvalue weighted by atomic mass is 35.5. The second kappa shape index (κ2) is 11.6. The SMILES string of the molecule is CC[C@H](C)Oc1c(Cl)cc(C=Nn2c(-c3cc(C(C)C)c(OC)cc3C)nc3ccccc3c2=O)cc1Cl. The lowest BCUT2D eigenvalue weighted by Gasteiger charge is -2.17. The van der Waals surface area contributed by atoms with E-state index in [9.17, 15) is 4.79 Å². The molecule has 0 saturated carbocycles. The highest BCUT2D eigenvalue weighted by Gasteiger charge is 2.19. The average Bonchev–Trinajstić information content (AvgIpc) is 2.89. The number of benzene rings is 3. The van der Waals surface area contributed by atoms with Crippen LogP contribution in [0.25, 0.3) is 22.3 Å². The summed E-state index contributed by atoms with van der Waals surface area (Å²) in [6.07, 6.45) is 2.34. The third-order valence-electron chi connectivity index (χ3n) is 6.43. The van der Waals surface area contributed by atoms with Crippen molar-refractivity contribution in [3.05, 3.63) is 85.6 Å². The van der Waals surface area contributed by atoms with Gasteiger partial charge < -0.3 is 9.47 Å². The van der Waals surface area contributed by atoms with Crippen LogP contribution in [0.3, 0.4) is 0 Å². The minimum absolute atomic E-state index is 0.0298. The molecule has 198 valence electrons. The first kappa shape index (κ1) is 27.7. The first-order valence-corrected chi connectivity index (χ1v) is 13.3. The normalized spacial score (nSPS) is 12.4. The third kappa shape index (κ3) is 5.57. The minimum atomic E-state index is -0.280. The number of nitrogens with zero attached hydrogens (tertiary/aromatic N) is 3. The predicted octanol–water partition coefficient (Wildman–Crippen LogP) is 7.87. The smallest absolute Gasteiger partial charge is 0.282 e. The molecule has 8 heteroatoms. The highest BCUT2D eigenvalue weighted by molar-refractivity contribution is 6.37. The number of hydrogen-bond acceptors (Lipinski definition) is 5. The maximum absolute atomic E-state index is 13.7. The van der Waals surface area contributed by atoms with E-state index in [2.05, 4.69) is 18.9 Å². The monoisotopic (exact) mass is 551 g/mol. The number of halogens is 2. The van der Waals surface area contributed by atoms with E-state index in [1.165, 1.54) is 4.68 Å². The Bertz CT molecular complexity index is 1550. The van der Waals surface area contributed by atoms with Crippen LogP contribution in [0.1, 0.15) is 56.7 Å². The van der Waals surface area contributed by atoms with Gasteiger partial charge in [-0.3, -0.25) is 4.79 Å². The molecule has 0 spiro atoms. The van der Waals surface area contributed by atoms with Gasteiger partial charge in [0.2, 0.25) is 0 Å². The van der Waals surface area contributed by atoms with Crippen molar-refractivity contribution < 1.29 is 9.47 Å². The third-order valence-corrected chi connectivity index (χ3v) is 6.99. The molecule has 1 aromatic heterocycles. The molecular formula is C30H31Cl2N3O3. The number of aromatic nitrogens is 2. The fourth-order valence-corrected chi connectivity index (χ4v) is 4.74. The van der Waals surface area contributed by atoms with Crippen molar-refractivity contribution in [3.63, 3.8) is 0 Å². The molecule has 4 rings (SSSR count). The second-order valence-electron chi connectivity index (χ2n) is 9.53. The van der Waals surface area contributed by atoms with E-state index in [1.807, 2.05) is 51.1 Å². The fourth-order valence-electron chi connectivity index (χ4n) is 4.15. The maximum atomic E-state index is 13.7. The Kier molecular flexibility index (Phi) is 8.44. The van der Waals surface area contributed by atoms with Crippen LogP contribution in [0.4, 0.5) is 0 Å². The molecule has 0 unspecified atom stereocenters. The molecule has 0 N–H and O–H groups in total. The molecule has 6 nitrogen and oxygen atoms in total. The van der Waals surface area contributed by atoms with Crippen molar-refractivity contribution in [2.75, 3.05) is 7.11 Å². The molecular weight excluding hydrogens is 521 g/mol. The zero-order valence-electron chi connectivity index (χ0n) is 22.4. The molecule has 38 heavy (non-hydrogen) atoms. The van der Waals surface area contributed by atoms with Crippen molar-refractivity contribution in [3.8, 4) is 22.9 Å². The summed E-state index contributed by atoms with van der Waals surface area (Å²) in [6, 6.07) is 14.7. The maximum Gasteiger partial charge on any atom is 0.282 e. The van der Waals surface area contributed by atoms with Gasteiger partial charge in [0.1, 0.15) is 5.75 Å². The standard InChI is InChI=1S/C30H31Cl2N3O3/c1-7-19(5)38-28-24(31)13-20(14-25(28)32)16-33-35-29(34-26-11-9-8-10-21(26)30(35)36)23-15-22(17(2)3)27(37-6)12-18(23)4/h8-17,19H,7H2,1-6H3/t19-/m0/s1. The molecule has 0 fully saturated rings. The van der Waals surface area contributed by atoms with Crippen LogP contribution in [0.2, 0.25) is 10.0 Å². The number of rotatable bonds is 8. The van der Waals surface area contributed by atoms with E-state index in [1.54, 1.807) is 31.5 Å². The molecule has 0 bridgehead atoms. The van der Waals surface area contributed by atoms with Crippen molar-refractivity contribution in [1.82, 2.24) is 9.66 Å². The summed E-state index contributed by atoms with van der Waals surface area (Å²) in [5, 5.41) is 5.79. The van der Waals surface area contributed by atoms with Crippen molar-refractivity contribution in [2.24, 2.45) is 5.10 Å². The zero-order valence-corrected chi connectivity index (χ0v) is 23.9. The zero-order chi connectivity index (χ0) is 27.6. The Labute approximate surface area is 232 Å². The van der Waals surface area contributed by atoms with Crippen LogP contribution in [0.5, 0.6) is 11.5 Å². The van der Waals surface area contributed by atoms with Crippen LogP contribution in [-0.2, 0) is 0 Å². The lowest BCUT2D eigenvalue weighted by Crippen LogP contribution is -2.20. The van der Waals surface area contributed by atoms with Crippen LogP contribution < -0.4 is 15.0 Å². The molecule has 0 radical (unpaired) electrons. The first-order valence-electron chi connectivity index (χ1n) is 12.5. The number of ether oxygens (including phenoxy) is 2. The summed E-state index contributed by atoms with van der Waals surface area (Å²) in [4.78, 5) is 18.5. The predicted molar refractivity (Wildman–Crippen MR) is 157 cm³/mol. The van der Waals surface area contributed by atoms with E-state index in [0.29, 0.717) is 38.1 Å². The second-order valence-corrected chi connectivity index (χ2v) is 10.3. The van der Waals surface area contributed by atoms with E-state index in [0.717, 1.165) is 28.9 Å².